The molecule has 4 aliphatic heterocycles. The molecule has 0 spiro atoms. The van der Waals surface area contributed by atoms with Crippen molar-refractivity contribution in [3.8, 4) is 0 Å². The molecule has 3 N–H and O–H groups in total. The van der Waals surface area contributed by atoms with Gasteiger partial charge >= 0.3 is 0 Å². The van der Waals surface area contributed by atoms with Gasteiger partial charge < -0.3 is 15.5 Å². The van der Waals surface area contributed by atoms with E-state index in [1.807, 2.05) is 54.3 Å². The number of likely N-dealkylation sites (tertiary alicyclic amines) is 1. The molecule has 3 saturated heterocycles. The lowest BCUT2D eigenvalue weighted by Gasteiger charge is -2.48. The Bertz CT molecular complexity index is 2020. The van der Waals surface area contributed by atoms with E-state index in [1.165, 1.54) is 5.56 Å². The van der Waals surface area contributed by atoms with Crippen LogP contribution in [-0.4, -0.2) is 88.9 Å². The zero-order valence-electron chi connectivity index (χ0n) is 27.6. The van der Waals surface area contributed by atoms with Gasteiger partial charge in [0.05, 0.1) is 39.5 Å². The first-order valence-corrected chi connectivity index (χ1v) is 18.8. The number of piperidine rings is 2. The third-order valence-corrected chi connectivity index (χ3v) is 12.8. The molecule has 49 heavy (non-hydrogen) atoms. The molecule has 14 heteroatoms. The molecule has 6 heterocycles. The van der Waals surface area contributed by atoms with E-state index in [-0.39, 0.29) is 22.8 Å². The zero-order valence-corrected chi connectivity index (χ0v) is 28.4. The van der Waals surface area contributed by atoms with Crippen molar-refractivity contribution in [3.63, 3.8) is 0 Å². The van der Waals surface area contributed by atoms with E-state index in [1.54, 1.807) is 0 Å². The number of hydrogen-bond donors (Lipinski definition) is 3. The average Bonchev–Trinajstić information content (AvgIpc) is 3.41. The summed E-state index contributed by atoms with van der Waals surface area (Å²) in [4.78, 5) is 38.1. The van der Waals surface area contributed by atoms with Gasteiger partial charge in [-0.05, 0) is 74.6 Å². The second-order valence-corrected chi connectivity index (χ2v) is 16.0. The van der Waals surface area contributed by atoms with Crippen LogP contribution in [0.1, 0.15) is 54.1 Å². The Morgan fingerprint density at radius 3 is 2.57 bits per heavy atom. The molecule has 0 saturated carbocycles. The Morgan fingerprint density at radius 2 is 1.80 bits per heavy atom. The lowest BCUT2D eigenvalue weighted by Crippen LogP contribution is -2.61. The topological polar surface area (TPSA) is 154 Å². The Kier molecular flexibility index (Phi) is 8.32. The minimum Gasteiger partial charge on any atom is -0.367 e. The second-order valence-electron chi connectivity index (χ2n) is 13.7. The molecular formula is C35H41N9O4S. The smallest absolute Gasteiger partial charge is 0.235 e. The number of imide groups is 1. The van der Waals surface area contributed by atoms with Crippen LogP contribution in [0.3, 0.4) is 0 Å². The number of nitrogens with zero attached hydrogens (tertiary/aromatic N) is 6. The SMILES string of the molecule is Cn1nc(C2CCC(=O)NC2=O)c2cccc(N3CC(N4CCC(S(=O)(=O)Cc5ccc(Nc6ncc7c(n6)CNCC7)cc5)CC4)C3)c21. The van der Waals surface area contributed by atoms with E-state index in [2.05, 4.69) is 41.8 Å². The molecular weight excluding hydrogens is 643 g/mol. The predicted molar refractivity (Wildman–Crippen MR) is 186 cm³/mol. The van der Waals surface area contributed by atoms with E-state index < -0.39 is 15.8 Å². The van der Waals surface area contributed by atoms with Crippen LogP contribution in [0.2, 0.25) is 0 Å². The van der Waals surface area contributed by atoms with Crippen LogP contribution in [0.25, 0.3) is 10.9 Å². The van der Waals surface area contributed by atoms with Crippen LogP contribution in [0, 0.1) is 0 Å². The molecule has 0 aliphatic carbocycles. The van der Waals surface area contributed by atoms with E-state index in [4.69, 9.17) is 5.10 Å². The molecule has 3 fully saturated rings. The summed E-state index contributed by atoms with van der Waals surface area (Å²) in [5.41, 5.74) is 6.57. The number of nitrogens with one attached hydrogen (secondary N) is 3. The molecule has 2 amide bonds. The van der Waals surface area contributed by atoms with Crippen LogP contribution < -0.4 is 20.9 Å². The molecule has 8 rings (SSSR count). The summed E-state index contributed by atoms with van der Waals surface area (Å²) in [6, 6.07) is 14.0. The summed E-state index contributed by atoms with van der Waals surface area (Å²) in [5, 5.41) is 14.4. The first kappa shape index (κ1) is 31.8. The Hall–Kier alpha value is -4.40. The van der Waals surface area contributed by atoms with Crippen molar-refractivity contribution in [3.05, 3.63) is 71.2 Å². The predicted octanol–water partition coefficient (Wildman–Crippen LogP) is 2.54. The van der Waals surface area contributed by atoms with E-state index in [9.17, 15) is 18.0 Å². The highest BCUT2D eigenvalue weighted by atomic mass is 32.2. The molecule has 1 unspecified atom stereocenters. The number of carbonyl (C=O) groups excluding carboxylic acids is 2. The molecule has 0 bridgehead atoms. The number of aryl methyl sites for hydroxylation is 1. The average molecular weight is 684 g/mol. The summed E-state index contributed by atoms with van der Waals surface area (Å²) < 4.78 is 28.8. The number of rotatable bonds is 8. The van der Waals surface area contributed by atoms with E-state index in [0.717, 1.165) is 84.9 Å². The van der Waals surface area contributed by atoms with Crippen LogP contribution in [-0.2, 0) is 45.2 Å². The summed E-state index contributed by atoms with van der Waals surface area (Å²) in [5.74, 6) is -0.378. The van der Waals surface area contributed by atoms with Gasteiger partial charge in [0.2, 0.25) is 17.8 Å². The number of hydrogen-bond acceptors (Lipinski definition) is 11. The largest absolute Gasteiger partial charge is 0.367 e. The normalized spacial score (nSPS) is 21.0. The number of amides is 2. The Balaban J connectivity index is 0.850. The third kappa shape index (κ3) is 6.28. The first-order chi connectivity index (χ1) is 23.7. The fourth-order valence-electron chi connectivity index (χ4n) is 7.75. The third-order valence-electron chi connectivity index (χ3n) is 10.5. The minimum absolute atomic E-state index is 0.0334. The van der Waals surface area contributed by atoms with Crippen molar-refractivity contribution in [2.75, 3.05) is 42.9 Å². The van der Waals surface area contributed by atoms with Gasteiger partial charge in [-0.2, -0.15) is 5.10 Å². The monoisotopic (exact) mass is 683 g/mol. The number of anilines is 3. The van der Waals surface area contributed by atoms with Crippen molar-refractivity contribution in [1.29, 1.82) is 0 Å². The van der Waals surface area contributed by atoms with Crippen LogP contribution in [0.15, 0.2) is 48.7 Å². The quantitative estimate of drug-likeness (QED) is 0.235. The summed E-state index contributed by atoms with van der Waals surface area (Å²) >= 11 is 0. The number of carbonyl (C=O) groups is 2. The summed E-state index contributed by atoms with van der Waals surface area (Å²) in [7, 11) is -1.40. The lowest BCUT2D eigenvalue weighted by atomic mass is 9.92. The van der Waals surface area contributed by atoms with E-state index >= 15 is 0 Å². The second kappa shape index (κ2) is 12.8. The number of para-hydroxylation sites is 1. The summed E-state index contributed by atoms with van der Waals surface area (Å²) in [6.45, 7) is 4.90. The molecule has 4 aliphatic rings. The molecule has 1 atom stereocenters. The molecule has 2 aromatic heterocycles. The van der Waals surface area contributed by atoms with Crippen molar-refractivity contribution in [2.45, 2.75) is 61.6 Å². The number of aromatic nitrogens is 4. The van der Waals surface area contributed by atoms with Crippen molar-refractivity contribution < 1.29 is 18.0 Å². The van der Waals surface area contributed by atoms with Crippen LogP contribution >= 0.6 is 0 Å². The van der Waals surface area contributed by atoms with Gasteiger partial charge in [-0.1, -0.05) is 24.3 Å². The maximum atomic E-state index is 13.5. The maximum Gasteiger partial charge on any atom is 0.235 e. The Morgan fingerprint density at radius 1 is 1.00 bits per heavy atom. The highest BCUT2D eigenvalue weighted by molar-refractivity contribution is 7.91. The fourth-order valence-corrected chi connectivity index (χ4v) is 9.57. The fraction of sp³-hybridized carbons (Fsp3) is 0.457. The van der Waals surface area contributed by atoms with Crippen molar-refractivity contribution >= 4 is 49.9 Å². The standard InChI is InChI=1S/C35H41N9O4S/c1-42-33-27(32(41-42)28-9-10-31(45)40-34(28)46)3-2-4-30(33)44-19-25(20-44)43-15-12-26(13-16-43)49(47,48)21-22-5-7-24(8-6-22)38-35-37-17-23-11-14-36-18-29(23)39-35/h2-8,17,25-26,28,36H,9-16,18-21H2,1H3,(H,37,38,39)(H,40,45,46). The minimum atomic E-state index is -3.30. The van der Waals surface area contributed by atoms with Crippen LogP contribution in [0.4, 0.5) is 17.3 Å². The van der Waals surface area contributed by atoms with Gasteiger partial charge in [0, 0.05) is 56.4 Å². The molecule has 256 valence electrons. The number of sulfone groups is 1. The van der Waals surface area contributed by atoms with Crippen molar-refractivity contribution in [2.24, 2.45) is 7.05 Å². The highest BCUT2D eigenvalue weighted by Crippen LogP contribution is 2.37. The highest BCUT2D eigenvalue weighted by Gasteiger charge is 2.38. The zero-order chi connectivity index (χ0) is 33.7. The first-order valence-electron chi connectivity index (χ1n) is 17.1. The number of fused-ring (bicyclic) bond motifs is 2. The van der Waals surface area contributed by atoms with Gasteiger partial charge in [-0.25, -0.2) is 18.4 Å². The van der Waals surface area contributed by atoms with E-state index in [0.29, 0.717) is 37.7 Å². The van der Waals surface area contributed by atoms with Gasteiger partial charge in [0.1, 0.15) is 0 Å². The maximum absolute atomic E-state index is 13.5. The molecule has 4 aromatic rings. The Labute approximate surface area is 285 Å². The number of benzene rings is 2. The molecule has 13 nitrogen and oxygen atoms in total. The van der Waals surface area contributed by atoms with Gasteiger partial charge in [-0.3, -0.25) is 24.5 Å². The summed E-state index contributed by atoms with van der Waals surface area (Å²) in [6.07, 6.45) is 4.86. The molecule has 2 aromatic carbocycles. The van der Waals surface area contributed by atoms with Gasteiger partial charge in [0.25, 0.3) is 0 Å². The van der Waals surface area contributed by atoms with Crippen molar-refractivity contribution in [1.82, 2.24) is 35.3 Å². The van der Waals surface area contributed by atoms with Gasteiger partial charge in [-0.15, -0.1) is 0 Å². The van der Waals surface area contributed by atoms with Crippen LogP contribution in [0.5, 0.6) is 0 Å². The van der Waals surface area contributed by atoms with Gasteiger partial charge in [0.15, 0.2) is 9.84 Å². The lowest BCUT2D eigenvalue weighted by molar-refractivity contribution is -0.134. The molecule has 0 radical (unpaired) electrons.